The molecule has 0 unspecified atom stereocenters. The van der Waals surface area contributed by atoms with Crippen LogP contribution in [0.3, 0.4) is 0 Å². The Morgan fingerprint density at radius 1 is 1.67 bits per heavy atom. The average molecular weight is 176 g/mol. The second-order valence-electron chi connectivity index (χ2n) is 2.03. The van der Waals surface area contributed by atoms with Gasteiger partial charge in [0, 0.05) is 0 Å². The third-order valence-corrected chi connectivity index (χ3v) is 1.19. The predicted octanol–water partition coefficient (Wildman–Crippen LogP) is -2.40. The number of nitrogens with one attached hydrogen (secondary N) is 1. The van der Waals surface area contributed by atoms with E-state index >= 15 is 0 Å². The summed E-state index contributed by atoms with van der Waals surface area (Å²) in [5, 5.41) is 10.8. The zero-order valence-electron chi connectivity index (χ0n) is 6.74. The second kappa shape index (κ2) is 5.50. The Morgan fingerprint density at radius 3 is 2.58 bits per heavy atom. The van der Waals surface area contributed by atoms with Gasteiger partial charge in [-0.1, -0.05) is 0 Å². The van der Waals surface area contributed by atoms with Crippen LogP contribution in [0.4, 0.5) is 0 Å². The van der Waals surface area contributed by atoms with E-state index in [0.29, 0.717) is 0 Å². The number of hydrogen-bond donors (Lipinski definition) is 3. The zero-order chi connectivity index (χ0) is 9.56. The number of aliphatic hydroxyl groups is 1. The van der Waals surface area contributed by atoms with Crippen molar-refractivity contribution in [3.05, 3.63) is 0 Å². The number of aliphatic hydroxyl groups excluding tert-OH is 1. The van der Waals surface area contributed by atoms with Gasteiger partial charge in [0.1, 0.15) is 0 Å². The minimum atomic E-state index is -1.02. The third-order valence-electron chi connectivity index (χ3n) is 1.19. The topological polar surface area (TPSA) is 102 Å². The molecule has 6 heteroatoms. The van der Waals surface area contributed by atoms with Crippen LogP contribution in [0.2, 0.25) is 0 Å². The molecule has 4 N–H and O–H groups in total. The standard InChI is InChI=1S/C6H12N2O4/c1-12-6(11)4(3-9)8-5(10)2-7/h4,9H,2-3,7H2,1H3,(H,8,10)/t4-/m0/s1. The first-order valence-electron chi connectivity index (χ1n) is 3.33. The lowest BCUT2D eigenvalue weighted by molar-refractivity contribution is -0.146. The molecule has 12 heavy (non-hydrogen) atoms. The van der Waals surface area contributed by atoms with Gasteiger partial charge in [-0.25, -0.2) is 4.79 Å². The molecule has 0 aliphatic rings. The Hall–Kier alpha value is -1.14. The molecular formula is C6H12N2O4. The van der Waals surface area contributed by atoms with E-state index < -0.39 is 24.5 Å². The fourth-order valence-corrected chi connectivity index (χ4v) is 0.575. The van der Waals surface area contributed by atoms with Crippen molar-refractivity contribution in [3.63, 3.8) is 0 Å². The van der Waals surface area contributed by atoms with E-state index in [1.807, 2.05) is 0 Å². The highest BCUT2D eigenvalue weighted by molar-refractivity contribution is 5.85. The van der Waals surface area contributed by atoms with Crippen molar-refractivity contribution in [1.29, 1.82) is 0 Å². The van der Waals surface area contributed by atoms with Gasteiger partial charge in [-0.3, -0.25) is 4.79 Å². The van der Waals surface area contributed by atoms with Gasteiger partial charge in [0.15, 0.2) is 6.04 Å². The smallest absolute Gasteiger partial charge is 0.330 e. The zero-order valence-corrected chi connectivity index (χ0v) is 6.74. The van der Waals surface area contributed by atoms with Crippen LogP contribution in [-0.4, -0.2) is 43.3 Å². The van der Waals surface area contributed by atoms with Gasteiger partial charge in [-0.05, 0) is 0 Å². The van der Waals surface area contributed by atoms with Crippen LogP contribution in [0.1, 0.15) is 0 Å². The van der Waals surface area contributed by atoms with E-state index in [9.17, 15) is 9.59 Å². The van der Waals surface area contributed by atoms with Crippen LogP contribution in [0.25, 0.3) is 0 Å². The van der Waals surface area contributed by atoms with Crippen LogP contribution in [-0.2, 0) is 14.3 Å². The summed E-state index contributed by atoms with van der Waals surface area (Å²) in [7, 11) is 1.17. The number of methoxy groups -OCH3 is 1. The molecule has 0 saturated heterocycles. The second-order valence-corrected chi connectivity index (χ2v) is 2.03. The number of nitrogens with two attached hydrogens (primary N) is 1. The molecule has 0 aromatic heterocycles. The normalized spacial score (nSPS) is 11.9. The summed E-state index contributed by atoms with van der Waals surface area (Å²) in [6.45, 7) is -0.730. The molecule has 0 fully saturated rings. The molecule has 0 heterocycles. The summed E-state index contributed by atoms with van der Waals surface area (Å²) < 4.78 is 4.29. The van der Waals surface area contributed by atoms with E-state index in [1.165, 1.54) is 7.11 Å². The van der Waals surface area contributed by atoms with E-state index in [0.717, 1.165) is 0 Å². The highest BCUT2D eigenvalue weighted by Crippen LogP contribution is 1.85. The molecule has 0 aromatic carbocycles. The van der Waals surface area contributed by atoms with E-state index in [4.69, 9.17) is 10.8 Å². The largest absolute Gasteiger partial charge is 0.467 e. The van der Waals surface area contributed by atoms with Crippen LogP contribution in [0.5, 0.6) is 0 Å². The SMILES string of the molecule is COC(=O)[C@H](CO)NC(=O)CN. The summed E-state index contributed by atoms with van der Waals surface area (Å²) in [4.78, 5) is 21.4. The number of hydrogen-bond acceptors (Lipinski definition) is 5. The van der Waals surface area contributed by atoms with Crippen LogP contribution in [0.15, 0.2) is 0 Å². The molecule has 6 nitrogen and oxygen atoms in total. The molecule has 0 bridgehead atoms. The monoisotopic (exact) mass is 176 g/mol. The van der Waals surface area contributed by atoms with E-state index in [1.54, 1.807) is 0 Å². The average Bonchev–Trinajstić information content (AvgIpc) is 2.12. The Bertz CT molecular complexity index is 171. The summed E-state index contributed by atoms with van der Waals surface area (Å²) in [6, 6.07) is -1.02. The summed E-state index contributed by atoms with van der Waals surface area (Å²) in [5.74, 6) is -1.21. The Kier molecular flexibility index (Phi) is 4.98. The van der Waals surface area contributed by atoms with Crippen molar-refractivity contribution >= 4 is 11.9 Å². The van der Waals surface area contributed by atoms with Gasteiger partial charge in [0.25, 0.3) is 0 Å². The molecule has 1 atom stereocenters. The van der Waals surface area contributed by atoms with Gasteiger partial charge in [0.2, 0.25) is 5.91 Å². The molecule has 1 amide bonds. The maximum absolute atomic E-state index is 10.8. The highest BCUT2D eigenvalue weighted by atomic mass is 16.5. The first kappa shape index (κ1) is 10.9. The molecule has 70 valence electrons. The molecule has 0 radical (unpaired) electrons. The first-order chi connectivity index (χ1) is 5.65. The van der Waals surface area contributed by atoms with Gasteiger partial charge in [0.05, 0.1) is 20.3 Å². The van der Waals surface area contributed by atoms with Crippen molar-refractivity contribution in [2.45, 2.75) is 6.04 Å². The van der Waals surface area contributed by atoms with Crippen LogP contribution in [0, 0.1) is 0 Å². The molecule has 0 saturated carbocycles. The summed E-state index contributed by atoms with van der Waals surface area (Å²) in [5.41, 5.74) is 4.97. The minimum Gasteiger partial charge on any atom is -0.467 e. The molecule has 0 spiro atoms. The van der Waals surface area contributed by atoms with Crippen molar-refractivity contribution in [3.8, 4) is 0 Å². The third kappa shape index (κ3) is 3.31. The lowest BCUT2D eigenvalue weighted by Crippen LogP contribution is -2.46. The fraction of sp³-hybridized carbons (Fsp3) is 0.667. The number of ether oxygens (including phenoxy) is 1. The number of carbonyl (C=O) groups excluding carboxylic acids is 2. The first-order valence-corrected chi connectivity index (χ1v) is 3.33. The van der Waals surface area contributed by atoms with Gasteiger partial charge in [-0.15, -0.1) is 0 Å². The molecule has 0 aliphatic carbocycles. The Morgan fingerprint density at radius 2 is 2.25 bits per heavy atom. The van der Waals surface area contributed by atoms with E-state index in [-0.39, 0.29) is 6.54 Å². The van der Waals surface area contributed by atoms with Gasteiger partial charge < -0.3 is 20.9 Å². The molecule has 0 rings (SSSR count). The van der Waals surface area contributed by atoms with Crippen LogP contribution < -0.4 is 11.1 Å². The quantitative estimate of drug-likeness (QED) is 0.414. The summed E-state index contributed by atoms with van der Waals surface area (Å²) >= 11 is 0. The molecule has 0 aliphatic heterocycles. The highest BCUT2D eigenvalue weighted by Gasteiger charge is 2.19. The molecule has 0 aromatic rings. The summed E-state index contributed by atoms with van der Waals surface area (Å²) in [6.07, 6.45) is 0. The maximum Gasteiger partial charge on any atom is 0.330 e. The lowest BCUT2D eigenvalue weighted by atomic mass is 10.3. The predicted molar refractivity (Wildman–Crippen MR) is 40.1 cm³/mol. The number of esters is 1. The fourth-order valence-electron chi connectivity index (χ4n) is 0.575. The number of rotatable bonds is 4. The van der Waals surface area contributed by atoms with Crippen molar-refractivity contribution in [2.24, 2.45) is 5.73 Å². The van der Waals surface area contributed by atoms with Crippen molar-refractivity contribution in [1.82, 2.24) is 5.32 Å². The Labute approximate surface area is 69.7 Å². The lowest BCUT2D eigenvalue weighted by Gasteiger charge is -2.12. The number of amides is 1. The van der Waals surface area contributed by atoms with Gasteiger partial charge >= 0.3 is 5.97 Å². The minimum absolute atomic E-state index is 0.229. The van der Waals surface area contributed by atoms with Crippen molar-refractivity contribution < 1.29 is 19.4 Å². The van der Waals surface area contributed by atoms with Crippen LogP contribution >= 0.6 is 0 Å². The molecular weight excluding hydrogens is 164 g/mol. The Balaban J connectivity index is 3.99. The van der Waals surface area contributed by atoms with Crippen molar-refractivity contribution in [2.75, 3.05) is 20.3 Å². The van der Waals surface area contributed by atoms with E-state index in [2.05, 4.69) is 10.1 Å². The van der Waals surface area contributed by atoms with Gasteiger partial charge in [-0.2, -0.15) is 0 Å². The number of carbonyl (C=O) groups is 2. The maximum atomic E-state index is 10.8.